The van der Waals surface area contributed by atoms with Gasteiger partial charge < -0.3 is 0 Å². The van der Waals surface area contributed by atoms with Crippen LogP contribution >= 0.6 is 58.8 Å². The first-order valence-electron chi connectivity index (χ1n) is 27.6. The smallest absolute Gasteiger partial charge is 0.152 e. The van der Waals surface area contributed by atoms with Gasteiger partial charge in [0.2, 0.25) is 0 Å². The van der Waals surface area contributed by atoms with Crippen LogP contribution in [0.2, 0.25) is 0 Å². The molecule has 9 nitrogen and oxygen atoms in total. The van der Waals surface area contributed by atoms with E-state index >= 15 is 0 Å². The minimum atomic E-state index is -2.66. The lowest BCUT2D eigenvalue weighted by Gasteiger charge is -2.17. The van der Waals surface area contributed by atoms with Crippen molar-refractivity contribution in [1.29, 1.82) is 0 Å². The average Bonchev–Trinajstić information content (AvgIpc) is 4.23. The molecule has 0 aliphatic carbocycles. The fourth-order valence-corrected chi connectivity index (χ4v) is 23.6. The highest BCUT2D eigenvalue weighted by molar-refractivity contribution is 8.20. The topological polar surface area (TPSA) is 154 Å². The Morgan fingerprint density at radius 3 is 1.11 bits per heavy atom. The van der Waals surface area contributed by atoms with Crippen LogP contribution < -0.4 is 0 Å². The van der Waals surface area contributed by atoms with Crippen LogP contribution in [0, 0.1) is 17.8 Å². The van der Waals surface area contributed by atoms with Crippen LogP contribution in [0.15, 0.2) is 0 Å². The van der Waals surface area contributed by atoms with Gasteiger partial charge in [-0.25, -0.2) is 25.3 Å². The minimum absolute atomic E-state index is 0.0671. The lowest BCUT2D eigenvalue weighted by molar-refractivity contribution is 0.549. The summed E-state index contributed by atoms with van der Waals surface area (Å²) < 4.78 is 97.8. The molecule has 10 heterocycles. The number of rotatable bonds is 0. The van der Waals surface area contributed by atoms with E-state index in [1.165, 1.54) is 112 Å². The third-order valence-electron chi connectivity index (χ3n) is 13.9. The average molecular weight is 1230 g/mol. The summed E-state index contributed by atoms with van der Waals surface area (Å²) in [7, 11) is -9.29. The van der Waals surface area contributed by atoms with Gasteiger partial charge in [-0.15, -0.1) is 23.5 Å². The lowest BCUT2D eigenvalue weighted by Crippen LogP contribution is -2.25. The van der Waals surface area contributed by atoms with Crippen LogP contribution in [0.4, 0.5) is 0 Å². The zero-order valence-corrected chi connectivity index (χ0v) is 55.5. The van der Waals surface area contributed by atoms with Gasteiger partial charge in [-0.3, -0.25) is 12.6 Å². The fraction of sp³-hybridized carbons (Fsp3) is 1.00. The second-order valence-electron chi connectivity index (χ2n) is 21.4. The third-order valence-corrected chi connectivity index (χ3v) is 32.6. The molecule has 12 atom stereocenters. The molecular weight excluding hydrogens is 1120 g/mol. The van der Waals surface area contributed by atoms with E-state index < -0.39 is 61.9 Å². The molecule has 10 aliphatic heterocycles. The van der Waals surface area contributed by atoms with Crippen LogP contribution in [0.25, 0.3) is 0 Å². The molecule has 20 heteroatoms. The highest BCUT2D eigenvalue weighted by Gasteiger charge is 2.27. The molecule has 0 aromatic carbocycles. The van der Waals surface area contributed by atoms with Gasteiger partial charge >= 0.3 is 0 Å². The van der Waals surface area contributed by atoms with E-state index in [9.17, 15) is 37.9 Å². The first kappa shape index (κ1) is 72.1. The van der Waals surface area contributed by atoms with Crippen LogP contribution in [-0.2, 0) is 61.9 Å². The zero-order chi connectivity index (χ0) is 54.2. The summed E-state index contributed by atoms with van der Waals surface area (Å²) in [5.41, 5.74) is 0. The molecular formula is C52H104O9S11. The van der Waals surface area contributed by atoms with Crippen molar-refractivity contribution in [2.75, 3.05) is 80.5 Å². The largest absolute Gasteiger partial charge is 0.260 e. The van der Waals surface area contributed by atoms with Crippen molar-refractivity contribution in [3.05, 3.63) is 0 Å². The molecule has 0 N–H and O–H groups in total. The molecule has 72 heavy (non-hydrogen) atoms. The van der Waals surface area contributed by atoms with E-state index in [0.29, 0.717) is 39.4 Å². The molecule has 0 amide bonds. The monoisotopic (exact) mass is 1220 g/mol. The molecule has 432 valence electrons. The van der Waals surface area contributed by atoms with Crippen molar-refractivity contribution in [3.63, 3.8) is 0 Å². The van der Waals surface area contributed by atoms with Gasteiger partial charge in [0.15, 0.2) is 29.5 Å². The summed E-state index contributed by atoms with van der Waals surface area (Å²) in [5.74, 6) is 15.9. The summed E-state index contributed by atoms with van der Waals surface area (Å²) in [4.78, 5) is 0. The van der Waals surface area contributed by atoms with Crippen LogP contribution in [0.1, 0.15) is 185 Å². The van der Waals surface area contributed by atoms with Gasteiger partial charge in [0, 0.05) is 92.5 Å². The summed E-state index contributed by atoms with van der Waals surface area (Å²) in [6.45, 7) is 21.1. The van der Waals surface area contributed by atoms with Gasteiger partial charge in [-0.05, 0) is 158 Å². The van der Waals surface area contributed by atoms with Gasteiger partial charge in [-0.2, -0.15) is 35.3 Å². The molecule has 10 aliphatic rings. The first-order chi connectivity index (χ1) is 33.8. The normalized spacial score (nSPS) is 35.8. The van der Waals surface area contributed by atoms with Crippen molar-refractivity contribution in [1.82, 2.24) is 0 Å². The van der Waals surface area contributed by atoms with Gasteiger partial charge in [0.25, 0.3) is 0 Å². The van der Waals surface area contributed by atoms with E-state index in [1.54, 1.807) is 13.8 Å². The Hall–Kier alpha value is 2.05. The second kappa shape index (κ2) is 41.1. The number of hydrogen-bond acceptors (Lipinski definition) is 14. The van der Waals surface area contributed by atoms with Crippen molar-refractivity contribution >= 4 is 121 Å². The minimum Gasteiger partial charge on any atom is -0.260 e. The van der Waals surface area contributed by atoms with Gasteiger partial charge in [0.1, 0.15) is 0 Å². The Balaban J connectivity index is 0.000000401. The molecule has 0 aromatic heterocycles. The maximum atomic E-state index is 11.0. The Labute approximate surface area is 473 Å². The molecule has 0 aromatic rings. The molecule has 0 radical (unpaired) electrons. The Morgan fingerprint density at radius 2 is 0.917 bits per heavy atom. The number of sulfone groups is 3. The molecule has 10 rings (SSSR count). The van der Waals surface area contributed by atoms with Crippen molar-refractivity contribution in [2.45, 2.75) is 221 Å². The Kier molecular flexibility index (Phi) is 41.1. The highest BCUT2D eigenvalue weighted by Crippen LogP contribution is 2.30. The fourth-order valence-electron chi connectivity index (χ4n) is 8.49. The standard InChI is InChI=1S/C6H12O2S.C6H12OS.C6H12S.2C5H10O2S.2C5H10OS.2C5H10S.C4H8S2/c1-6-4-2-3-5-9(6,7)8;1-6-4-2-3-5-8(6)7;1-6-4-2-3-5-7-6;1-5-2-3-8(6,7)4-5;1-5-3-2-4-8(5,6)7;1-5-2-3-7(6)4-5;1-5-3-2-4-7(5)6;1-5-2-3-6-4-5;1-5-3-2-4-6-5;1-4-5-2-3-6-4/h6H,2-5H2,1H3;6H,2-5H2,1H3;6H,2-5H2,1H3;2*5H,2-4H2,1H3;2*5H,2-4H2,1H3;2*5H,2-4H2,1H3;4H,2-3H2,1H3. The van der Waals surface area contributed by atoms with Gasteiger partial charge in [0.05, 0.1) is 33.5 Å². The third kappa shape index (κ3) is 37.1. The van der Waals surface area contributed by atoms with E-state index in [2.05, 4.69) is 107 Å². The zero-order valence-electron chi connectivity index (χ0n) is 46.6. The van der Waals surface area contributed by atoms with Crippen molar-refractivity contribution in [3.8, 4) is 0 Å². The maximum absolute atomic E-state index is 11.0. The summed E-state index contributed by atoms with van der Waals surface area (Å²) >= 11 is 10.4. The molecule has 12 unspecified atom stereocenters. The first-order valence-corrected chi connectivity index (χ1v) is 42.5. The van der Waals surface area contributed by atoms with E-state index in [0.717, 1.165) is 88.5 Å². The number of hydrogen-bond donors (Lipinski definition) is 0. The summed E-state index contributed by atoms with van der Waals surface area (Å²) in [6.07, 6.45) is 21.3. The van der Waals surface area contributed by atoms with Crippen molar-refractivity contribution in [2.24, 2.45) is 17.8 Å². The predicted molar refractivity (Wildman–Crippen MR) is 334 cm³/mol. The highest BCUT2D eigenvalue weighted by atomic mass is 32.2. The molecule has 10 saturated heterocycles. The SMILES string of the molecule is CC1CCCCS1.CC1CCCCS1(=O)=O.CC1CCCCS1=O.CC1CCCS1.CC1CCCS1(=O)=O.CC1CCCS1=O.CC1CCS(=O)(=O)C1.CC1CCS(=O)C1.CC1CCSC1.CC1SCCS1. The van der Waals surface area contributed by atoms with Crippen molar-refractivity contribution < 1.29 is 37.9 Å². The molecule has 0 saturated carbocycles. The summed E-state index contributed by atoms with van der Waals surface area (Å²) in [6, 6.07) is 0. The number of thioether (sulfide) groups is 5. The summed E-state index contributed by atoms with van der Waals surface area (Å²) in [5, 5.41) is 2.73. The lowest BCUT2D eigenvalue weighted by atomic mass is 10.2. The van der Waals surface area contributed by atoms with Crippen LogP contribution in [0.3, 0.4) is 0 Å². The van der Waals surface area contributed by atoms with Gasteiger partial charge in [-0.1, -0.05) is 67.7 Å². The van der Waals surface area contributed by atoms with E-state index in [1.807, 2.05) is 6.92 Å². The Morgan fingerprint density at radius 1 is 0.403 bits per heavy atom. The van der Waals surface area contributed by atoms with Crippen LogP contribution in [0.5, 0.6) is 0 Å². The quantitative estimate of drug-likeness (QED) is 0.226. The molecule has 10 fully saturated rings. The molecule has 0 bridgehead atoms. The van der Waals surface area contributed by atoms with E-state index in [4.69, 9.17) is 0 Å². The predicted octanol–water partition coefficient (Wildman–Crippen LogP) is 12.8. The maximum Gasteiger partial charge on any atom is 0.152 e. The molecule has 0 spiro atoms. The second-order valence-corrected chi connectivity index (χ2v) is 41.7. The van der Waals surface area contributed by atoms with Crippen LogP contribution in [-0.4, -0.2) is 155 Å². The Bertz CT molecular complexity index is 1760. The van der Waals surface area contributed by atoms with E-state index in [-0.39, 0.29) is 10.5 Å².